The third-order valence-corrected chi connectivity index (χ3v) is 5.77. The summed E-state index contributed by atoms with van der Waals surface area (Å²) in [6.07, 6.45) is 2.32. The fourth-order valence-corrected chi connectivity index (χ4v) is 4.16. The molecular weight excluding hydrogens is 342 g/mol. The number of hydrogen-bond donors (Lipinski definition) is 1. The van der Waals surface area contributed by atoms with Crippen molar-refractivity contribution in [1.82, 2.24) is 9.97 Å². The van der Waals surface area contributed by atoms with Crippen LogP contribution in [0.3, 0.4) is 0 Å². The summed E-state index contributed by atoms with van der Waals surface area (Å²) in [5.74, 6) is 1.26. The fraction of sp³-hybridized carbons (Fsp3) is 0.278. The first kappa shape index (κ1) is 15.5. The molecule has 4 rings (SSSR count). The molecule has 1 aromatic carbocycles. The lowest BCUT2D eigenvalue weighted by Gasteiger charge is -2.06. The Morgan fingerprint density at radius 3 is 2.71 bits per heavy atom. The topological polar surface area (TPSA) is 54.9 Å². The lowest BCUT2D eigenvalue weighted by Crippen LogP contribution is -2.11. The highest BCUT2D eigenvalue weighted by Gasteiger charge is 2.28. The number of rotatable bonds is 3. The summed E-state index contributed by atoms with van der Waals surface area (Å²) in [5.41, 5.74) is 2.49. The van der Waals surface area contributed by atoms with E-state index in [2.05, 4.69) is 15.3 Å². The van der Waals surface area contributed by atoms with Gasteiger partial charge in [0.1, 0.15) is 10.7 Å². The molecule has 0 spiro atoms. The third kappa shape index (κ3) is 2.68. The monoisotopic (exact) mass is 357 g/mol. The number of hydrogen-bond acceptors (Lipinski definition) is 4. The molecule has 0 saturated heterocycles. The van der Waals surface area contributed by atoms with Gasteiger partial charge in [-0.05, 0) is 44.4 Å². The lowest BCUT2D eigenvalue weighted by molar-refractivity contribution is 0.103. The van der Waals surface area contributed by atoms with Crippen LogP contribution in [0, 0.1) is 13.8 Å². The van der Waals surface area contributed by atoms with Crippen LogP contribution in [0.15, 0.2) is 24.3 Å². The van der Waals surface area contributed by atoms with Crippen molar-refractivity contribution in [3.8, 4) is 0 Å². The van der Waals surface area contributed by atoms with Crippen molar-refractivity contribution in [3.05, 3.63) is 51.2 Å². The smallest absolute Gasteiger partial charge is 0.266 e. The molecule has 1 N–H and O–H groups in total. The normalized spacial score (nSPS) is 14.1. The van der Waals surface area contributed by atoms with E-state index < -0.39 is 0 Å². The molecule has 0 atom stereocenters. The zero-order valence-corrected chi connectivity index (χ0v) is 15.0. The molecule has 0 bridgehead atoms. The number of anilines is 1. The number of carbonyl (C=O) groups is 1. The number of thiophene rings is 1. The number of carbonyl (C=O) groups excluding carboxylic acids is 1. The van der Waals surface area contributed by atoms with E-state index in [-0.39, 0.29) is 5.91 Å². The second-order valence-electron chi connectivity index (χ2n) is 6.11. The van der Waals surface area contributed by atoms with Crippen molar-refractivity contribution in [1.29, 1.82) is 0 Å². The maximum atomic E-state index is 12.7. The number of nitrogens with zero attached hydrogens (tertiary/aromatic N) is 2. The average Bonchev–Trinajstić information content (AvgIpc) is 3.34. The first-order chi connectivity index (χ1) is 11.5. The molecule has 1 aliphatic carbocycles. The van der Waals surface area contributed by atoms with Gasteiger partial charge in [-0.25, -0.2) is 9.97 Å². The molecule has 1 saturated carbocycles. The number of halogens is 1. The molecule has 24 heavy (non-hydrogen) atoms. The van der Waals surface area contributed by atoms with E-state index in [1.54, 1.807) is 12.1 Å². The van der Waals surface area contributed by atoms with E-state index in [9.17, 15) is 4.79 Å². The van der Waals surface area contributed by atoms with Gasteiger partial charge in [0.2, 0.25) is 0 Å². The maximum Gasteiger partial charge on any atom is 0.266 e. The van der Waals surface area contributed by atoms with Crippen LogP contribution in [0.4, 0.5) is 5.69 Å². The molecule has 0 unspecified atom stereocenters. The summed E-state index contributed by atoms with van der Waals surface area (Å²) in [7, 11) is 0. The van der Waals surface area contributed by atoms with Gasteiger partial charge >= 0.3 is 0 Å². The zero-order valence-electron chi connectivity index (χ0n) is 13.4. The van der Waals surface area contributed by atoms with Gasteiger partial charge in [0.05, 0.1) is 21.3 Å². The molecule has 2 aromatic heterocycles. The predicted molar refractivity (Wildman–Crippen MR) is 98.3 cm³/mol. The average molecular weight is 358 g/mol. The van der Waals surface area contributed by atoms with Crippen molar-refractivity contribution in [2.24, 2.45) is 0 Å². The molecule has 122 valence electrons. The number of fused-ring (bicyclic) bond motifs is 1. The third-order valence-electron chi connectivity index (χ3n) is 4.26. The van der Waals surface area contributed by atoms with Crippen LogP contribution in [-0.2, 0) is 0 Å². The quantitative estimate of drug-likeness (QED) is 0.710. The number of aryl methyl sites for hydroxylation is 2. The Morgan fingerprint density at radius 1 is 1.25 bits per heavy atom. The Bertz CT molecular complexity index is 962. The minimum atomic E-state index is -0.157. The molecule has 2 heterocycles. The van der Waals surface area contributed by atoms with Gasteiger partial charge in [-0.2, -0.15) is 0 Å². The Hall–Kier alpha value is -1.98. The number of para-hydroxylation sites is 1. The number of aromatic nitrogens is 2. The van der Waals surface area contributed by atoms with Crippen LogP contribution in [0.2, 0.25) is 5.02 Å². The van der Waals surface area contributed by atoms with Crippen LogP contribution in [-0.4, -0.2) is 15.9 Å². The molecule has 6 heteroatoms. The minimum Gasteiger partial charge on any atom is -0.320 e. The van der Waals surface area contributed by atoms with E-state index in [1.165, 1.54) is 11.3 Å². The van der Waals surface area contributed by atoms with Crippen LogP contribution in [0.5, 0.6) is 0 Å². The van der Waals surface area contributed by atoms with E-state index in [0.717, 1.165) is 40.1 Å². The molecule has 1 aliphatic rings. The summed E-state index contributed by atoms with van der Waals surface area (Å²) < 4.78 is 0. The van der Waals surface area contributed by atoms with Gasteiger partial charge in [-0.15, -0.1) is 11.3 Å². The second-order valence-corrected chi connectivity index (χ2v) is 7.52. The van der Waals surface area contributed by atoms with Gasteiger partial charge in [0, 0.05) is 11.3 Å². The molecule has 3 aromatic rings. The molecule has 4 nitrogen and oxygen atoms in total. The molecular formula is C18H16ClN3OS. The van der Waals surface area contributed by atoms with E-state index >= 15 is 0 Å². The van der Waals surface area contributed by atoms with Gasteiger partial charge in [0.15, 0.2) is 0 Å². The SMILES string of the molecule is Cc1nc(C2CC2)nc2sc(C(=O)Nc3ccccc3Cl)c(C)c12. The molecule has 0 aliphatic heterocycles. The molecule has 1 fully saturated rings. The summed E-state index contributed by atoms with van der Waals surface area (Å²) in [6.45, 7) is 3.94. The van der Waals surface area contributed by atoms with Crippen LogP contribution in [0.25, 0.3) is 10.2 Å². The van der Waals surface area contributed by atoms with Crippen LogP contribution in [0.1, 0.15) is 45.5 Å². The standard InChI is InChI=1S/C18H16ClN3OS/c1-9-14-10(2)20-16(11-7-8-11)22-18(14)24-15(9)17(23)21-13-6-4-3-5-12(13)19/h3-6,11H,7-8H2,1-2H3,(H,21,23). The number of amides is 1. The maximum absolute atomic E-state index is 12.7. The molecule has 0 radical (unpaired) electrons. The highest BCUT2D eigenvalue weighted by molar-refractivity contribution is 7.20. The van der Waals surface area contributed by atoms with Crippen molar-refractivity contribution < 1.29 is 4.79 Å². The Kier molecular flexibility index (Phi) is 3.77. The second kappa shape index (κ2) is 5.83. The van der Waals surface area contributed by atoms with Gasteiger partial charge in [-0.1, -0.05) is 23.7 Å². The van der Waals surface area contributed by atoms with Gasteiger partial charge < -0.3 is 5.32 Å². The van der Waals surface area contributed by atoms with Crippen molar-refractivity contribution in [3.63, 3.8) is 0 Å². The Balaban J connectivity index is 1.73. The summed E-state index contributed by atoms with van der Waals surface area (Å²) >= 11 is 7.55. The van der Waals surface area contributed by atoms with E-state index in [0.29, 0.717) is 21.5 Å². The van der Waals surface area contributed by atoms with Crippen molar-refractivity contribution in [2.75, 3.05) is 5.32 Å². The van der Waals surface area contributed by atoms with Gasteiger partial charge in [0.25, 0.3) is 5.91 Å². The van der Waals surface area contributed by atoms with E-state index in [1.807, 2.05) is 26.0 Å². The summed E-state index contributed by atoms with van der Waals surface area (Å²) in [5, 5.41) is 4.41. The summed E-state index contributed by atoms with van der Waals surface area (Å²) in [6, 6.07) is 7.23. The summed E-state index contributed by atoms with van der Waals surface area (Å²) in [4.78, 5) is 23.6. The Labute approximate surface area is 148 Å². The fourth-order valence-electron chi connectivity index (χ4n) is 2.84. The van der Waals surface area contributed by atoms with Crippen LogP contribution >= 0.6 is 22.9 Å². The minimum absolute atomic E-state index is 0.157. The van der Waals surface area contributed by atoms with Crippen molar-refractivity contribution in [2.45, 2.75) is 32.6 Å². The first-order valence-corrected chi connectivity index (χ1v) is 9.07. The first-order valence-electron chi connectivity index (χ1n) is 7.88. The number of nitrogens with one attached hydrogen (secondary N) is 1. The lowest BCUT2D eigenvalue weighted by atomic mass is 10.1. The number of benzene rings is 1. The molecule has 1 amide bonds. The van der Waals surface area contributed by atoms with Crippen molar-refractivity contribution >= 4 is 44.7 Å². The largest absolute Gasteiger partial charge is 0.320 e. The van der Waals surface area contributed by atoms with Crippen LogP contribution < -0.4 is 5.32 Å². The Morgan fingerprint density at radius 2 is 2.00 bits per heavy atom. The highest BCUT2D eigenvalue weighted by Crippen LogP contribution is 2.40. The predicted octanol–water partition coefficient (Wildman–Crippen LogP) is 5.09. The zero-order chi connectivity index (χ0) is 16.8. The van der Waals surface area contributed by atoms with Gasteiger partial charge in [-0.3, -0.25) is 4.79 Å². The highest BCUT2D eigenvalue weighted by atomic mass is 35.5. The van der Waals surface area contributed by atoms with E-state index in [4.69, 9.17) is 11.6 Å².